The Kier molecular flexibility index (Phi) is 4.46. The molecule has 0 fully saturated rings. The minimum absolute atomic E-state index is 0.377. The van der Waals surface area contributed by atoms with Crippen LogP contribution in [0.1, 0.15) is 17.4 Å². The Labute approximate surface area is 116 Å². The summed E-state index contributed by atoms with van der Waals surface area (Å²) in [5.74, 6) is 0.680. The molecule has 0 amide bonds. The molecule has 2 heterocycles. The molecule has 1 atom stereocenters. The zero-order valence-electron chi connectivity index (χ0n) is 11.3. The van der Waals surface area contributed by atoms with Crippen molar-refractivity contribution in [1.82, 2.24) is 24.3 Å². The Morgan fingerprint density at radius 1 is 1.53 bits per heavy atom. The smallest absolute Gasteiger partial charge is 0.161 e. The molecule has 1 unspecified atom stereocenters. The second kappa shape index (κ2) is 6.09. The predicted octanol–water partition coefficient (Wildman–Crippen LogP) is 0.353. The van der Waals surface area contributed by atoms with Gasteiger partial charge in [-0.15, -0.1) is 5.10 Å². The van der Waals surface area contributed by atoms with Gasteiger partial charge in [0.2, 0.25) is 0 Å². The summed E-state index contributed by atoms with van der Waals surface area (Å²) < 4.78 is 11.0. The van der Waals surface area contributed by atoms with Crippen LogP contribution in [-0.2, 0) is 6.54 Å². The van der Waals surface area contributed by atoms with Crippen LogP contribution < -0.4 is 10.5 Å². The van der Waals surface area contributed by atoms with Crippen molar-refractivity contribution in [3.8, 4) is 5.75 Å². The lowest BCUT2D eigenvalue weighted by molar-refractivity contribution is 0.363. The quantitative estimate of drug-likeness (QED) is 0.823. The summed E-state index contributed by atoms with van der Waals surface area (Å²) in [4.78, 5) is 2.09. The highest BCUT2D eigenvalue weighted by Crippen LogP contribution is 2.27. The second-order valence-electron chi connectivity index (χ2n) is 4.43. The Balaban J connectivity index is 2.28. The molecule has 2 aromatic rings. The van der Waals surface area contributed by atoms with E-state index in [0.717, 1.165) is 24.5 Å². The van der Waals surface area contributed by atoms with Crippen LogP contribution in [0.3, 0.4) is 0 Å². The summed E-state index contributed by atoms with van der Waals surface area (Å²) in [6.45, 7) is 1.62. The second-order valence-corrected chi connectivity index (χ2v) is 5.04. The molecule has 2 N–H and O–H groups in total. The highest BCUT2D eigenvalue weighted by Gasteiger charge is 2.22. The molecule has 2 rings (SSSR count). The van der Waals surface area contributed by atoms with Crippen LogP contribution in [0.15, 0.2) is 11.6 Å². The largest absolute Gasteiger partial charge is 0.493 e. The van der Waals surface area contributed by atoms with E-state index in [9.17, 15) is 0 Å². The summed E-state index contributed by atoms with van der Waals surface area (Å²) in [5.41, 5.74) is 7.80. The number of methoxy groups -OCH3 is 1. The number of hydrogen-bond donors (Lipinski definition) is 1. The fourth-order valence-electron chi connectivity index (χ4n) is 1.77. The SMILES string of the molecule is COc1cnn(CCN(C)C)c1C(N)c1csnn1. The molecule has 0 radical (unpaired) electrons. The molecular formula is C11H18N6OS. The molecule has 0 bridgehead atoms. The zero-order valence-corrected chi connectivity index (χ0v) is 12.1. The van der Waals surface area contributed by atoms with Crippen LogP contribution in [0.25, 0.3) is 0 Å². The van der Waals surface area contributed by atoms with E-state index >= 15 is 0 Å². The predicted molar refractivity (Wildman–Crippen MR) is 73.3 cm³/mol. The van der Waals surface area contributed by atoms with Crippen molar-refractivity contribution < 1.29 is 4.74 Å². The van der Waals surface area contributed by atoms with Gasteiger partial charge in [-0.25, -0.2) is 0 Å². The van der Waals surface area contributed by atoms with E-state index in [-0.39, 0.29) is 6.04 Å². The summed E-state index contributed by atoms with van der Waals surface area (Å²) in [7, 11) is 5.65. The van der Waals surface area contributed by atoms with Gasteiger partial charge in [-0.05, 0) is 25.6 Å². The van der Waals surface area contributed by atoms with Crippen molar-refractivity contribution in [1.29, 1.82) is 0 Å². The first-order valence-electron chi connectivity index (χ1n) is 5.90. The third-order valence-electron chi connectivity index (χ3n) is 2.81. The molecule has 19 heavy (non-hydrogen) atoms. The van der Waals surface area contributed by atoms with Crippen molar-refractivity contribution >= 4 is 11.5 Å². The topological polar surface area (TPSA) is 82.1 Å². The summed E-state index contributed by atoms with van der Waals surface area (Å²) in [5, 5.41) is 10.2. The van der Waals surface area contributed by atoms with Gasteiger partial charge in [0.1, 0.15) is 5.69 Å². The van der Waals surface area contributed by atoms with E-state index in [1.165, 1.54) is 11.5 Å². The van der Waals surface area contributed by atoms with Gasteiger partial charge in [0.25, 0.3) is 0 Å². The molecule has 0 saturated heterocycles. The third-order valence-corrected chi connectivity index (χ3v) is 3.34. The van der Waals surface area contributed by atoms with Crippen LogP contribution in [0.4, 0.5) is 0 Å². The maximum Gasteiger partial charge on any atom is 0.161 e. The van der Waals surface area contributed by atoms with E-state index < -0.39 is 0 Å². The van der Waals surface area contributed by atoms with Crippen molar-refractivity contribution in [2.24, 2.45) is 5.73 Å². The molecule has 2 aromatic heterocycles. The molecule has 104 valence electrons. The summed E-state index contributed by atoms with van der Waals surface area (Å²) >= 11 is 1.28. The van der Waals surface area contributed by atoms with Crippen molar-refractivity contribution in [2.75, 3.05) is 27.7 Å². The Hall–Kier alpha value is -1.51. The standard InChI is InChI=1S/C11H18N6OS/c1-16(2)4-5-17-11(9(18-3)6-13-17)10(12)8-7-19-15-14-8/h6-7,10H,4-5,12H2,1-3H3. The molecule has 0 aliphatic heterocycles. The highest BCUT2D eigenvalue weighted by atomic mass is 32.1. The number of hydrogen-bond acceptors (Lipinski definition) is 7. The van der Waals surface area contributed by atoms with Crippen LogP contribution in [-0.4, -0.2) is 52.0 Å². The Morgan fingerprint density at radius 2 is 2.32 bits per heavy atom. The van der Waals surface area contributed by atoms with E-state index in [1.54, 1.807) is 13.3 Å². The fourth-order valence-corrected chi connectivity index (χ4v) is 2.26. The normalized spacial score (nSPS) is 12.9. The lowest BCUT2D eigenvalue weighted by Gasteiger charge is -2.15. The number of ether oxygens (including phenoxy) is 1. The average Bonchev–Trinajstić information content (AvgIpc) is 3.04. The zero-order chi connectivity index (χ0) is 13.8. The van der Waals surface area contributed by atoms with Gasteiger partial charge in [-0.2, -0.15) is 5.10 Å². The van der Waals surface area contributed by atoms with Gasteiger partial charge in [-0.1, -0.05) is 4.49 Å². The number of aromatic nitrogens is 4. The maximum atomic E-state index is 6.24. The molecular weight excluding hydrogens is 264 g/mol. The van der Waals surface area contributed by atoms with Crippen LogP contribution in [0.5, 0.6) is 5.75 Å². The maximum absolute atomic E-state index is 6.24. The van der Waals surface area contributed by atoms with Gasteiger partial charge < -0.3 is 15.4 Å². The third kappa shape index (κ3) is 3.09. The molecule has 0 saturated carbocycles. The van der Waals surface area contributed by atoms with Gasteiger partial charge in [0.15, 0.2) is 5.75 Å². The summed E-state index contributed by atoms with van der Waals surface area (Å²) in [6, 6.07) is -0.377. The van der Waals surface area contributed by atoms with Crippen molar-refractivity contribution in [3.05, 3.63) is 23.0 Å². The van der Waals surface area contributed by atoms with Gasteiger partial charge in [-0.3, -0.25) is 4.68 Å². The van der Waals surface area contributed by atoms with Crippen LogP contribution >= 0.6 is 11.5 Å². The van der Waals surface area contributed by atoms with E-state index in [1.807, 2.05) is 24.2 Å². The van der Waals surface area contributed by atoms with Gasteiger partial charge in [0, 0.05) is 11.9 Å². The molecule has 8 heteroatoms. The minimum Gasteiger partial charge on any atom is -0.493 e. The van der Waals surface area contributed by atoms with Crippen LogP contribution in [0.2, 0.25) is 0 Å². The van der Waals surface area contributed by atoms with E-state index in [4.69, 9.17) is 10.5 Å². The highest BCUT2D eigenvalue weighted by molar-refractivity contribution is 7.03. The van der Waals surface area contributed by atoms with Gasteiger partial charge in [0.05, 0.1) is 31.6 Å². The van der Waals surface area contributed by atoms with Gasteiger partial charge >= 0.3 is 0 Å². The summed E-state index contributed by atoms with van der Waals surface area (Å²) in [6.07, 6.45) is 1.69. The van der Waals surface area contributed by atoms with E-state index in [2.05, 4.69) is 19.6 Å². The minimum atomic E-state index is -0.377. The number of nitrogens with zero attached hydrogens (tertiary/aromatic N) is 5. The van der Waals surface area contributed by atoms with Crippen LogP contribution in [0, 0.1) is 0 Å². The van der Waals surface area contributed by atoms with Crippen molar-refractivity contribution in [2.45, 2.75) is 12.6 Å². The number of nitrogens with two attached hydrogens (primary N) is 1. The molecule has 0 aromatic carbocycles. The lowest BCUT2D eigenvalue weighted by Crippen LogP contribution is -2.24. The Bertz CT molecular complexity index is 509. The fraction of sp³-hybridized carbons (Fsp3) is 0.545. The average molecular weight is 282 g/mol. The first-order valence-corrected chi connectivity index (χ1v) is 6.74. The first-order chi connectivity index (χ1) is 9.13. The first kappa shape index (κ1) is 13.9. The number of likely N-dealkylation sites (N-methyl/N-ethyl adjacent to an activating group) is 1. The number of rotatable bonds is 6. The van der Waals surface area contributed by atoms with E-state index in [0.29, 0.717) is 5.75 Å². The lowest BCUT2D eigenvalue weighted by atomic mass is 10.1. The molecule has 0 spiro atoms. The van der Waals surface area contributed by atoms with Crippen molar-refractivity contribution in [3.63, 3.8) is 0 Å². The molecule has 7 nitrogen and oxygen atoms in total. The molecule has 0 aliphatic carbocycles. The monoisotopic (exact) mass is 282 g/mol. The Morgan fingerprint density at radius 3 is 2.89 bits per heavy atom. The molecule has 0 aliphatic rings.